The number of rotatable bonds is 2. The fraction of sp³-hybridized carbons (Fsp3) is 0.154. The highest BCUT2D eigenvalue weighted by molar-refractivity contribution is 5.88. The minimum atomic E-state index is -0.928. The summed E-state index contributed by atoms with van der Waals surface area (Å²) in [6.07, 6.45) is 0. The van der Waals surface area contributed by atoms with Gasteiger partial charge in [-0.2, -0.15) is 5.10 Å². The summed E-state index contributed by atoms with van der Waals surface area (Å²) in [5, 5.41) is 16.9. The molecular formula is C13H12N2O2. The summed E-state index contributed by atoms with van der Waals surface area (Å²) in [6, 6.07) is 8.58. The first-order valence-corrected chi connectivity index (χ1v) is 5.22. The number of hydrogen-bond acceptors (Lipinski definition) is 3. The quantitative estimate of drug-likeness (QED) is 0.857. The zero-order valence-corrected chi connectivity index (χ0v) is 9.64. The van der Waals surface area contributed by atoms with Gasteiger partial charge in [0.2, 0.25) is 0 Å². The van der Waals surface area contributed by atoms with Crippen LogP contribution in [0.5, 0.6) is 0 Å². The van der Waals surface area contributed by atoms with Crippen LogP contribution in [0.25, 0.3) is 11.3 Å². The first-order chi connectivity index (χ1) is 8.08. The van der Waals surface area contributed by atoms with Gasteiger partial charge in [-0.05, 0) is 37.6 Å². The van der Waals surface area contributed by atoms with E-state index in [0.29, 0.717) is 0 Å². The predicted octanol–water partition coefficient (Wildman–Crippen LogP) is 2.46. The summed E-state index contributed by atoms with van der Waals surface area (Å²) in [7, 11) is 0. The van der Waals surface area contributed by atoms with Gasteiger partial charge in [-0.3, -0.25) is 0 Å². The highest BCUT2D eigenvalue weighted by atomic mass is 16.4. The van der Waals surface area contributed by atoms with Gasteiger partial charge in [-0.15, -0.1) is 5.10 Å². The molecule has 1 heterocycles. The molecule has 0 amide bonds. The van der Waals surface area contributed by atoms with E-state index in [1.165, 1.54) is 0 Å². The molecular weight excluding hydrogens is 216 g/mol. The molecule has 17 heavy (non-hydrogen) atoms. The molecule has 86 valence electrons. The van der Waals surface area contributed by atoms with Gasteiger partial charge in [0.1, 0.15) is 0 Å². The maximum atomic E-state index is 10.7. The van der Waals surface area contributed by atoms with Crippen LogP contribution in [0, 0.1) is 13.8 Å². The van der Waals surface area contributed by atoms with Crippen LogP contribution in [-0.4, -0.2) is 21.3 Å². The van der Waals surface area contributed by atoms with Gasteiger partial charge in [0.15, 0.2) is 0 Å². The Morgan fingerprint density at radius 2 is 1.76 bits per heavy atom. The summed E-state index contributed by atoms with van der Waals surface area (Å²) in [4.78, 5) is 10.7. The van der Waals surface area contributed by atoms with Crippen molar-refractivity contribution in [3.63, 3.8) is 0 Å². The van der Waals surface area contributed by atoms with E-state index in [1.54, 1.807) is 24.3 Å². The lowest BCUT2D eigenvalue weighted by atomic mass is 10.1. The van der Waals surface area contributed by atoms with Crippen molar-refractivity contribution in [3.8, 4) is 11.3 Å². The third kappa shape index (κ3) is 2.30. The molecule has 4 nitrogen and oxygen atoms in total. The third-order valence-electron chi connectivity index (χ3n) is 2.51. The van der Waals surface area contributed by atoms with Crippen LogP contribution in [0.15, 0.2) is 30.3 Å². The number of aromatic nitrogens is 2. The van der Waals surface area contributed by atoms with Crippen molar-refractivity contribution in [2.75, 3.05) is 0 Å². The SMILES string of the molecule is Cc1cc(C)c(-c2ccc(C(=O)O)cc2)nn1. The Bertz CT molecular complexity index is 562. The number of aromatic carboxylic acids is 1. The van der Waals surface area contributed by atoms with E-state index < -0.39 is 5.97 Å². The standard InChI is InChI=1S/C13H12N2O2/c1-8-7-9(2)14-15-12(8)10-3-5-11(6-4-10)13(16)17/h3-7H,1-2H3,(H,16,17). The van der Waals surface area contributed by atoms with Crippen LogP contribution >= 0.6 is 0 Å². The average Bonchev–Trinajstić information content (AvgIpc) is 2.29. The molecule has 2 aromatic rings. The van der Waals surface area contributed by atoms with Crippen LogP contribution in [0.2, 0.25) is 0 Å². The largest absolute Gasteiger partial charge is 0.478 e. The van der Waals surface area contributed by atoms with Crippen LogP contribution in [-0.2, 0) is 0 Å². The Balaban J connectivity index is 2.43. The molecule has 4 heteroatoms. The Kier molecular flexibility index (Phi) is 2.87. The Morgan fingerprint density at radius 1 is 1.12 bits per heavy atom. The molecule has 0 aliphatic rings. The number of benzene rings is 1. The topological polar surface area (TPSA) is 63.1 Å². The number of nitrogens with zero attached hydrogens (tertiary/aromatic N) is 2. The Labute approximate surface area is 98.9 Å². The van der Waals surface area contributed by atoms with Crippen molar-refractivity contribution in [3.05, 3.63) is 47.2 Å². The third-order valence-corrected chi connectivity index (χ3v) is 2.51. The number of carbonyl (C=O) groups is 1. The first kappa shape index (κ1) is 11.3. The lowest BCUT2D eigenvalue weighted by molar-refractivity contribution is 0.0697. The number of aryl methyl sites for hydroxylation is 2. The maximum absolute atomic E-state index is 10.7. The van der Waals surface area contributed by atoms with Crippen molar-refractivity contribution in [1.82, 2.24) is 10.2 Å². The molecule has 1 N–H and O–H groups in total. The molecule has 0 radical (unpaired) electrons. The molecule has 0 saturated heterocycles. The summed E-state index contributed by atoms with van der Waals surface area (Å²) < 4.78 is 0. The molecule has 0 fully saturated rings. The van der Waals surface area contributed by atoms with Crippen molar-refractivity contribution >= 4 is 5.97 Å². The van der Waals surface area contributed by atoms with Gasteiger partial charge < -0.3 is 5.11 Å². The zero-order valence-electron chi connectivity index (χ0n) is 9.64. The number of carboxylic acid groups (broad SMARTS) is 1. The normalized spacial score (nSPS) is 10.2. The average molecular weight is 228 g/mol. The fourth-order valence-corrected chi connectivity index (χ4v) is 1.67. The zero-order chi connectivity index (χ0) is 12.4. The van der Waals surface area contributed by atoms with Gasteiger partial charge in [0, 0.05) is 5.56 Å². The van der Waals surface area contributed by atoms with E-state index in [9.17, 15) is 4.79 Å². The minimum Gasteiger partial charge on any atom is -0.478 e. The van der Waals surface area contributed by atoms with E-state index in [4.69, 9.17) is 5.11 Å². The summed E-state index contributed by atoms with van der Waals surface area (Å²) in [6.45, 7) is 3.85. The molecule has 1 aromatic heterocycles. The van der Waals surface area contributed by atoms with E-state index >= 15 is 0 Å². The summed E-state index contributed by atoms with van der Waals surface area (Å²) in [5.74, 6) is -0.928. The molecule has 2 rings (SSSR count). The number of carboxylic acids is 1. The smallest absolute Gasteiger partial charge is 0.335 e. The lowest BCUT2D eigenvalue weighted by Gasteiger charge is -2.05. The Hall–Kier alpha value is -2.23. The summed E-state index contributed by atoms with van der Waals surface area (Å²) in [5.41, 5.74) is 3.83. The fourth-order valence-electron chi connectivity index (χ4n) is 1.67. The van der Waals surface area contributed by atoms with Gasteiger partial charge in [-0.25, -0.2) is 4.79 Å². The number of hydrogen-bond donors (Lipinski definition) is 1. The second kappa shape index (κ2) is 4.33. The van der Waals surface area contributed by atoms with E-state index in [0.717, 1.165) is 22.5 Å². The highest BCUT2D eigenvalue weighted by Gasteiger charge is 2.07. The second-order valence-electron chi connectivity index (χ2n) is 3.90. The highest BCUT2D eigenvalue weighted by Crippen LogP contribution is 2.20. The molecule has 0 atom stereocenters. The van der Waals surface area contributed by atoms with Crippen LogP contribution < -0.4 is 0 Å². The van der Waals surface area contributed by atoms with Gasteiger partial charge in [0.05, 0.1) is 17.0 Å². The second-order valence-corrected chi connectivity index (χ2v) is 3.90. The molecule has 0 bridgehead atoms. The molecule has 0 saturated carbocycles. The predicted molar refractivity (Wildman–Crippen MR) is 63.9 cm³/mol. The molecule has 0 aliphatic carbocycles. The van der Waals surface area contributed by atoms with Crippen LogP contribution in [0.1, 0.15) is 21.6 Å². The van der Waals surface area contributed by atoms with Crippen LogP contribution in [0.4, 0.5) is 0 Å². The minimum absolute atomic E-state index is 0.270. The molecule has 0 spiro atoms. The van der Waals surface area contributed by atoms with Crippen molar-refractivity contribution in [1.29, 1.82) is 0 Å². The van der Waals surface area contributed by atoms with E-state index in [2.05, 4.69) is 10.2 Å². The van der Waals surface area contributed by atoms with Crippen molar-refractivity contribution in [2.24, 2.45) is 0 Å². The molecule has 0 aliphatic heterocycles. The van der Waals surface area contributed by atoms with Gasteiger partial charge in [-0.1, -0.05) is 12.1 Å². The maximum Gasteiger partial charge on any atom is 0.335 e. The van der Waals surface area contributed by atoms with E-state index in [-0.39, 0.29) is 5.56 Å². The van der Waals surface area contributed by atoms with Crippen molar-refractivity contribution in [2.45, 2.75) is 13.8 Å². The molecule has 0 unspecified atom stereocenters. The van der Waals surface area contributed by atoms with Gasteiger partial charge in [0.25, 0.3) is 0 Å². The van der Waals surface area contributed by atoms with Crippen molar-refractivity contribution < 1.29 is 9.90 Å². The molecule has 1 aromatic carbocycles. The van der Waals surface area contributed by atoms with E-state index in [1.807, 2.05) is 19.9 Å². The lowest BCUT2D eigenvalue weighted by Crippen LogP contribution is -1.97. The first-order valence-electron chi connectivity index (χ1n) is 5.22. The Morgan fingerprint density at radius 3 is 2.29 bits per heavy atom. The van der Waals surface area contributed by atoms with Crippen LogP contribution in [0.3, 0.4) is 0 Å². The summed E-state index contributed by atoms with van der Waals surface area (Å²) >= 11 is 0. The monoisotopic (exact) mass is 228 g/mol. The van der Waals surface area contributed by atoms with Gasteiger partial charge >= 0.3 is 5.97 Å².